The summed E-state index contributed by atoms with van der Waals surface area (Å²) in [7, 11) is 0. The van der Waals surface area contributed by atoms with Crippen molar-refractivity contribution in [1.82, 2.24) is 9.38 Å². The number of rotatable bonds is 4. The van der Waals surface area contributed by atoms with Gasteiger partial charge in [-0.2, -0.15) is 0 Å². The molecule has 0 bridgehead atoms. The Morgan fingerprint density at radius 1 is 0.783 bits per heavy atom. The van der Waals surface area contributed by atoms with Crippen LogP contribution in [0, 0.1) is 0 Å². The molecule has 4 aromatic rings. The molecular weight excluding hydrogens is 347 g/mol. The molecule has 2 aromatic carbocycles. The van der Waals surface area contributed by atoms with Crippen LogP contribution in [0.3, 0.4) is 0 Å². The number of fused-ring (bicyclic) bond motifs is 1. The van der Waals surface area contributed by atoms with Crippen molar-refractivity contribution in [3.63, 3.8) is 0 Å². The van der Waals surface area contributed by atoms with Crippen molar-refractivity contribution in [2.24, 2.45) is 0 Å². The molecule has 3 heteroatoms. The van der Waals surface area contributed by atoms with E-state index in [1.807, 2.05) is 12.1 Å². The molecule has 0 unspecified atom stereocenters. The van der Waals surface area contributed by atoms with Gasteiger partial charge in [-0.15, -0.1) is 0 Å². The normalized spacial score (nSPS) is 11.0. The Balaban J connectivity index is 1.77. The number of hydrogen-bond donors (Lipinski definition) is 0. The third-order valence-electron chi connectivity index (χ3n) is 3.75. The Kier molecular flexibility index (Phi) is 3.97. The second-order valence-corrected chi connectivity index (χ2v) is 7.36. The monoisotopic (exact) mass is 364 g/mol. The zero-order valence-electron chi connectivity index (χ0n) is 12.6. The summed E-state index contributed by atoms with van der Waals surface area (Å²) in [5.41, 5.74) is 4.72. The molecular formula is C20H16N2Se. The summed E-state index contributed by atoms with van der Waals surface area (Å²) in [6, 6.07) is 27.4. The molecule has 0 radical (unpaired) electrons. The molecule has 0 amide bonds. The van der Waals surface area contributed by atoms with E-state index >= 15 is 0 Å². The van der Waals surface area contributed by atoms with Crippen LogP contribution >= 0.6 is 0 Å². The van der Waals surface area contributed by atoms with Crippen molar-refractivity contribution < 1.29 is 0 Å². The van der Waals surface area contributed by atoms with E-state index in [9.17, 15) is 0 Å². The van der Waals surface area contributed by atoms with Crippen molar-refractivity contribution in [3.05, 3.63) is 90.6 Å². The Labute approximate surface area is 142 Å². The maximum atomic E-state index is 4.87. The van der Waals surface area contributed by atoms with Crippen molar-refractivity contribution >= 4 is 25.2 Å². The van der Waals surface area contributed by atoms with Gasteiger partial charge in [-0.3, -0.25) is 0 Å². The maximum absolute atomic E-state index is 4.87. The van der Waals surface area contributed by atoms with Crippen molar-refractivity contribution in [3.8, 4) is 11.3 Å². The molecule has 23 heavy (non-hydrogen) atoms. The topological polar surface area (TPSA) is 17.3 Å². The van der Waals surface area contributed by atoms with E-state index in [1.165, 1.54) is 15.7 Å². The van der Waals surface area contributed by atoms with Crippen LogP contribution in [-0.4, -0.2) is 24.3 Å². The van der Waals surface area contributed by atoms with Gasteiger partial charge in [-0.25, -0.2) is 0 Å². The third-order valence-corrected chi connectivity index (χ3v) is 6.15. The quantitative estimate of drug-likeness (QED) is 0.507. The number of benzene rings is 2. The van der Waals surface area contributed by atoms with Crippen LogP contribution in [0.4, 0.5) is 0 Å². The fourth-order valence-electron chi connectivity index (χ4n) is 2.62. The number of pyridine rings is 1. The van der Waals surface area contributed by atoms with Crippen molar-refractivity contribution in [2.45, 2.75) is 5.32 Å². The zero-order chi connectivity index (χ0) is 15.5. The van der Waals surface area contributed by atoms with Gasteiger partial charge in [0.1, 0.15) is 0 Å². The van der Waals surface area contributed by atoms with Crippen LogP contribution in [0.5, 0.6) is 0 Å². The van der Waals surface area contributed by atoms with E-state index in [0.29, 0.717) is 15.0 Å². The number of aromatic nitrogens is 2. The second-order valence-electron chi connectivity index (χ2n) is 5.33. The van der Waals surface area contributed by atoms with Crippen molar-refractivity contribution in [1.29, 1.82) is 0 Å². The Morgan fingerprint density at radius 2 is 1.48 bits per heavy atom. The van der Waals surface area contributed by atoms with Crippen molar-refractivity contribution in [2.75, 3.05) is 0 Å². The minimum atomic E-state index is 0.327. The fraction of sp³-hybridized carbons (Fsp3) is 0.0500. The molecule has 112 valence electrons. The minimum absolute atomic E-state index is 0.327. The van der Waals surface area contributed by atoms with Gasteiger partial charge >= 0.3 is 142 Å². The first-order valence-corrected chi connectivity index (χ1v) is 9.68. The predicted molar refractivity (Wildman–Crippen MR) is 96.2 cm³/mol. The first-order valence-electron chi connectivity index (χ1n) is 7.61. The predicted octanol–water partition coefficient (Wildman–Crippen LogP) is 3.53. The Morgan fingerprint density at radius 3 is 2.26 bits per heavy atom. The second kappa shape index (κ2) is 6.41. The summed E-state index contributed by atoms with van der Waals surface area (Å²) in [6.07, 6.45) is 2.12. The average Bonchev–Trinajstić information content (AvgIpc) is 3.00. The number of nitrogens with zero attached hydrogens (tertiary/aromatic N) is 2. The average molecular weight is 363 g/mol. The van der Waals surface area contributed by atoms with Gasteiger partial charge in [0, 0.05) is 0 Å². The fourth-order valence-corrected chi connectivity index (χ4v) is 4.91. The molecule has 0 atom stereocenters. The van der Waals surface area contributed by atoms with Crippen LogP contribution in [0.25, 0.3) is 16.9 Å². The molecule has 4 rings (SSSR count). The number of hydrogen-bond acceptors (Lipinski definition) is 1. The SMILES string of the molecule is c1ccc(C[Se]c2c(-c3ccccc3)nc3ccccn23)cc1. The van der Waals surface area contributed by atoms with E-state index < -0.39 is 0 Å². The van der Waals surface area contributed by atoms with Crippen LogP contribution in [0.2, 0.25) is 0 Å². The van der Waals surface area contributed by atoms with Crippen LogP contribution < -0.4 is 4.59 Å². The van der Waals surface area contributed by atoms with E-state index in [2.05, 4.69) is 77.3 Å². The Hall–Kier alpha value is -2.35. The summed E-state index contributed by atoms with van der Waals surface area (Å²) in [6.45, 7) is 0. The van der Waals surface area contributed by atoms with Gasteiger partial charge in [0.25, 0.3) is 0 Å². The Bertz CT molecular complexity index is 914. The van der Waals surface area contributed by atoms with Gasteiger partial charge < -0.3 is 0 Å². The van der Waals surface area contributed by atoms with E-state index in [4.69, 9.17) is 4.98 Å². The first kappa shape index (κ1) is 14.3. The molecule has 0 saturated carbocycles. The molecule has 0 aliphatic heterocycles. The van der Waals surface area contributed by atoms with E-state index in [1.54, 1.807) is 0 Å². The third kappa shape index (κ3) is 2.94. The first-order chi connectivity index (χ1) is 11.4. The standard InChI is InChI=1S/C20H16N2Se/c1-3-9-16(10-4-1)15-23-20-19(17-11-5-2-6-12-17)21-18-13-7-8-14-22(18)20/h1-14H,15H2. The molecule has 0 aliphatic rings. The summed E-state index contributed by atoms with van der Waals surface area (Å²) in [5.74, 6) is 0. The van der Waals surface area contributed by atoms with Crippen LogP contribution in [0.1, 0.15) is 5.56 Å². The molecule has 0 N–H and O–H groups in total. The van der Waals surface area contributed by atoms with E-state index in [0.717, 1.165) is 16.7 Å². The molecule has 2 nitrogen and oxygen atoms in total. The number of imidazole rings is 1. The van der Waals surface area contributed by atoms with Gasteiger partial charge in [0.05, 0.1) is 0 Å². The molecule has 2 aromatic heterocycles. The van der Waals surface area contributed by atoms with E-state index in [-0.39, 0.29) is 0 Å². The van der Waals surface area contributed by atoms with Gasteiger partial charge in [0.2, 0.25) is 0 Å². The van der Waals surface area contributed by atoms with Gasteiger partial charge in [0.15, 0.2) is 0 Å². The molecule has 2 heterocycles. The van der Waals surface area contributed by atoms with Gasteiger partial charge in [-0.05, 0) is 0 Å². The molecule has 0 aliphatic carbocycles. The van der Waals surface area contributed by atoms with Crippen LogP contribution in [-0.2, 0) is 5.32 Å². The molecule has 0 fully saturated rings. The zero-order valence-corrected chi connectivity index (χ0v) is 14.3. The molecule has 0 saturated heterocycles. The molecule has 0 spiro atoms. The summed E-state index contributed by atoms with van der Waals surface area (Å²) in [5, 5.41) is 1.08. The summed E-state index contributed by atoms with van der Waals surface area (Å²) >= 11 is 0.327. The van der Waals surface area contributed by atoms with Gasteiger partial charge in [-0.1, -0.05) is 0 Å². The van der Waals surface area contributed by atoms with Crippen LogP contribution in [0.15, 0.2) is 85.1 Å². The summed E-state index contributed by atoms with van der Waals surface area (Å²) in [4.78, 5) is 4.87. The summed E-state index contributed by atoms with van der Waals surface area (Å²) < 4.78 is 3.58.